The van der Waals surface area contributed by atoms with Crippen LogP contribution in [0, 0.1) is 5.92 Å². The zero-order valence-corrected chi connectivity index (χ0v) is 11.6. The van der Waals surface area contributed by atoms with E-state index in [1.807, 2.05) is 12.1 Å². The van der Waals surface area contributed by atoms with Gasteiger partial charge in [0.05, 0.1) is 0 Å². The van der Waals surface area contributed by atoms with Gasteiger partial charge in [0.1, 0.15) is 18.5 Å². The second-order valence-corrected chi connectivity index (χ2v) is 5.52. The first kappa shape index (κ1) is 14.2. The van der Waals surface area contributed by atoms with Crippen LogP contribution in [0.25, 0.3) is 0 Å². The molecule has 0 aliphatic carbocycles. The minimum Gasteiger partial charge on any atom is -0.491 e. The quantitative estimate of drug-likeness (QED) is 0.795. The SMILES string of the molecule is CC1CCN(CC(O)COc2ccc(N)cc2)CC1. The Morgan fingerprint density at radius 2 is 1.95 bits per heavy atom. The number of nitrogen functional groups attached to an aromatic ring is 1. The molecular formula is C15H24N2O2. The normalized spacial score (nSPS) is 19.3. The number of β-amino-alcohol motifs (C(OH)–C–C–N with tert-alkyl or cyclic N) is 1. The van der Waals surface area contributed by atoms with Crippen molar-refractivity contribution in [1.82, 2.24) is 4.90 Å². The second-order valence-electron chi connectivity index (χ2n) is 5.52. The lowest BCUT2D eigenvalue weighted by atomic mass is 9.99. The number of rotatable bonds is 5. The fraction of sp³-hybridized carbons (Fsp3) is 0.600. The van der Waals surface area contributed by atoms with Gasteiger partial charge in [0.15, 0.2) is 0 Å². The molecule has 4 heteroatoms. The largest absolute Gasteiger partial charge is 0.491 e. The fourth-order valence-corrected chi connectivity index (χ4v) is 2.35. The van der Waals surface area contributed by atoms with Crippen LogP contribution >= 0.6 is 0 Å². The molecule has 0 radical (unpaired) electrons. The molecule has 19 heavy (non-hydrogen) atoms. The van der Waals surface area contributed by atoms with Crippen LogP contribution < -0.4 is 10.5 Å². The maximum absolute atomic E-state index is 9.99. The van der Waals surface area contributed by atoms with Crippen molar-refractivity contribution in [2.45, 2.75) is 25.9 Å². The van der Waals surface area contributed by atoms with Crippen molar-refractivity contribution in [1.29, 1.82) is 0 Å². The summed E-state index contributed by atoms with van der Waals surface area (Å²) in [5.41, 5.74) is 6.32. The van der Waals surface area contributed by atoms with Gasteiger partial charge >= 0.3 is 0 Å². The van der Waals surface area contributed by atoms with E-state index in [-0.39, 0.29) is 0 Å². The van der Waals surface area contributed by atoms with Crippen LogP contribution in [0.4, 0.5) is 5.69 Å². The van der Waals surface area contributed by atoms with E-state index in [4.69, 9.17) is 10.5 Å². The Morgan fingerprint density at radius 3 is 2.58 bits per heavy atom. The molecule has 0 aromatic heterocycles. The van der Waals surface area contributed by atoms with Crippen LogP contribution in [0.5, 0.6) is 5.75 Å². The third-order valence-corrected chi connectivity index (χ3v) is 3.67. The fourth-order valence-electron chi connectivity index (χ4n) is 2.35. The van der Waals surface area contributed by atoms with Crippen molar-refractivity contribution in [2.24, 2.45) is 5.92 Å². The number of hydrogen-bond acceptors (Lipinski definition) is 4. The average molecular weight is 264 g/mol. The van der Waals surface area contributed by atoms with Gasteiger partial charge in [-0.2, -0.15) is 0 Å². The molecule has 0 amide bonds. The number of aliphatic hydroxyl groups is 1. The highest BCUT2D eigenvalue weighted by atomic mass is 16.5. The van der Waals surface area contributed by atoms with E-state index in [0.717, 1.165) is 30.4 Å². The summed E-state index contributed by atoms with van der Waals surface area (Å²) in [6.45, 7) is 5.48. The molecule has 1 atom stereocenters. The van der Waals surface area contributed by atoms with Crippen molar-refractivity contribution in [2.75, 3.05) is 32.0 Å². The molecule has 0 saturated carbocycles. The van der Waals surface area contributed by atoms with Gasteiger partial charge in [-0.25, -0.2) is 0 Å². The molecule has 1 heterocycles. The van der Waals surface area contributed by atoms with Gasteiger partial charge in [-0.15, -0.1) is 0 Å². The summed E-state index contributed by atoms with van der Waals surface area (Å²) in [6, 6.07) is 7.25. The maximum Gasteiger partial charge on any atom is 0.119 e. The maximum atomic E-state index is 9.99. The topological polar surface area (TPSA) is 58.7 Å². The Bertz CT molecular complexity index is 372. The Hall–Kier alpha value is -1.26. The van der Waals surface area contributed by atoms with E-state index in [2.05, 4.69) is 11.8 Å². The lowest BCUT2D eigenvalue weighted by Crippen LogP contribution is -2.40. The number of piperidine rings is 1. The van der Waals surface area contributed by atoms with Crippen molar-refractivity contribution >= 4 is 5.69 Å². The summed E-state index contributed by atoms with van der Waals surface area (Å²) >= 11 is 0. The molecule has 106 valence electrons. The molecular weight excluding hydrogens is 240 g/mol. The minimum atomic E-state index is -0.439. The van der Waals surface area contributed by atoms with Crippen molar-refractivity contribution in [3.8, 4) is 5.75 Å². The van der Waals surface area contributed by atoms with E-state index < -0.39 is 6.10 Å². The first-order valence-electron chi connectivity index (χ1n) is 7.02. The van der Waals surface area contributed by atoms with Gasteiger partial charge < -0.3 is 20.5 Å². The van der Waals surface area contributed by atoms with Crippen LogP contribution in [-0.4, -0.2) is 42.4 Å². The lowest BCUT2D eigenvalue weighted by molar-refractivity contribution is 0.0563. The lowest BCUT2D eigenvalue weighted by Gasteiger charge is -2.31. The summed E-state index contributed by atoms with van der Waals surface area (Å²) in [6.07, 6.45) is 2.02. The zero-order chi connectivity index (χ0) is 13.7. The number of aliphatic hydroxyl groups excluding tert-OH is 1. The van der Waals surface area contributed by atoms with Crippen molar-refractivity contribution in [3.05, 3.63) is 24.3 Å². The van der Waals surface area contributed by atoms with Gasteiger partial charge in [-0.3, -0.25) is 0 Å². The number of likely N-dealkylation sites (tertiary alicyclic amines) is 1. The van der Waals surface area contributed by atoms with E-state index in [9.17, 15) is 5.11 Å². The molecule has 1 saturated heterocycles. The highest BCUT2D eigenvalue weighted by Crippen LogP contribution is 2.16. The Labute approximate surface area is 115 Å². The second kappa shape index (κ2) is 6.78. The van der Waals surface area contributed by atoms with Crippen LogP contribution in [-0.2, 0) is 0 Å². The molecule has 0 bridgehead atoms. The molecule has 1 aliphatic heterocycles. The zero-order valence-electron chi connectivity index (χ0n) is 11.6. The van der Waals surface area contributed by atoms with E-state index >= 15 is 0 Å². The summed E-state index contributed by atoms with van der Waals surface area (Å²) in [5, 5.41) is 9.99. The van der Waals surface area contributed by atoms with Crippen molar-refractivity contribution in [3.63, 3.8) is 0 Å². The number of anilines is 1. The molecule has 1 unspecified atom stereocenters. The number of nitrogens with two attached hydrogens (primary N) is 1. The van der Waals surface area contributed by atoms with Crippen LogP contribution in [0.2, 0.25) is 0 Å². The molecule has 0 spiro atoms. The molecule has 1 fully saturated rings. The number of hydrogen-bond donors (Lipinski definition) is 2. The summed E-state index contributed by atoms with van der Waals surface area (Å²) in [5.74, 6) is 1.57. The van der Waals surface area contributed by atoms with Gasteiger partial charge in [-0.1, -0.05) is 6.92 Å². The summed E-state index contributed by atoms with van der Waals surface area (Å²) in [4.78, 5) is 2.32. The monoisotopic (exact) mass is 264 g/mol. The third kappa shape index (κ3) is 4.73. The summed E-state index contributed by atoms with van der Waals surface area (Å²) < 4.78 is 5.55. The van der Waals surface area contributed by atoms with E-state index in [1.165, 1.54) is 12.8 Å². The van der Waals surface area contributed by atoms with E-state index in [1.54, 1.807) is 12.1 Å². The highest BCUT2D eigenvalue weighted by Gasteiger charge is 2.18. The van der Waals surface area contributed by atoms with Crippen LogP contribution in [0.3, 0.4) is 0 Å². The molecule has 1 aromatic rings. The van der Waals surface area contributed by atoms with Crippen LogP contribution in [0.15, 0.2) is 24.3 Å². The van der Waals surface area contributed by atoms with Gasteiger partial charge in [0.25, 0.3) is 0 Å². The van der Waals surface area contributed by atoms with Crippen LogP contribution in [0.1, 0.15) is 19.8 Å². The Kier molecular flexibility index (Phi) is 5.05. The number of ether oxygens (including phenoxy) is 1. The Balaban J connectivity index is 1.69. The average Bonchev–Trinajstić information content (AvgIpc) is 2.41. The predicted molar refractivity (Wildman–Crippen MR) is 77.2 cm³/mol. The van der Waals surface area contributed by atoms with E-state index in [0.29, 0.717) is 13.2 Å². The molecule has 1 aromatic carbocycles. The molecule has 3 N–H and O–H groups in total. The van der Waals surface area contributed by atoms with Crippen molar-refractivity contribution < 1.29 is 9.84 Å². The molecule has 1 aliphatic rings. The standard InChI is InChI=1S/C15H24N2O2/c1-12-6-8-17(9-7-12)10-14(18)11-19-15-4-2-13(16)3-5-15/h2-5,12,14,18H,6-11,16H2,1H3. The van der Waals surface area contributed by atoms with Gasteiger partial charge in [-0.05, 0) is 56.1 Å². The number of benzene rings is 1. The highest BCUT2D eigenvalue weighted by molar-refractivity contribution is 5.41. The first-order valence-corrected chi connectivity index (χ1v) is 7.02. The predicted octanol–water partition coefficient (Wildman–Crippen LogP) is 1.74. The Morgan fingerprint density at radius 1 is 1.32 bits per heavy atom. The van der Waals surface area contributed by atoms with Gasteiger partial charge in [0, 0.05) is 12.2 Å². The molecule has 4 nitrogen and oxygen atoms in total. The minimum absolute atomic E-state index is 0.329. The number of nitrogens with zero attached hydrogens (tertiary/aromatic N) is 1. The smallest absolute Gasteiger partial charge is 0.119 e. The molecule has 2 rings (SSSR count). The third-order valence-electron chi connectivity index (χ3n) is 3.67. The summed E-state index contributed by atoms with van der Waals surface area (Å²) in [7, 11) is 0. The van der Waals surface area contributed by atoms with Gasteiger partial charge in [0.2, 0.25) is 0 Å². The first-order chi connectivity index (χ1) is 9.13.